The topological polar surface area (TPSA) is 107 Å². The van der Waals surface area contributed by atoms with Crippen LogP contribution in [0.3, 0.4) is 0 Å². The van der Waals surface area contributed by atoms with Crippen molar-refractivity contribution in [2.75, 3.05) is 11.9 Å². The lowest BCUT2D eigenvalue weighted by atomic mass is 9.99. The smallest absolute Gasteiger partial charge is 0.319 e. The summed E-state index contributed by atoms with van der Waals surface area (Å²) in [5.74, 6) is -0.0516. The van der Waals surface area contributed by atoms with E-state index in [9.17, 15) is 9.18 Å². The number of benzene rings is 1. The van der Waals surface area contributed by atoms with Gasteiger partial charge in [-0.3, -0.25) is 4.98 Å². The van der Waals surface area contributed by atoms with Gasteiger partial charge in [0.1, 0.15) is 11.5 Å². The van der Waals surface area contributed by atoms with E-state index in [1.54, 1.807) is 19.3 Å². The average molecular weight is 397 g/mol. The van der Waals surface area contributed by atoms with Gasteiger partial charge in [0.2, 0.25) is 0 Å². The van der Waals surface area contributed by atoms with Crippen LogP contribution in [0.1, 0.15) is 30.3 Å². The molecular formula is C19H20FN7O2. The van der Waals surface area contributed by atoms with Crippen LogP contribution >= 0.6 is 0 Å². The third-order valence-electron chi connectivity index (χ3n) is 4.73. The number of carbonyl (C=O) groups excluding carboxylic acids is 1. The van der Waals surface area contributed by atoms with Crippen LogP contribution in [-0.4, -0.2) is 43.9 Å². The van der Waals surface area contributed by atoms with E-state index in [0.29, 0.717) is 31.0 Å². The Hall–Kier alpha value is -3.40. The number of carbonyl (C=O) groups is 1. The maximum atomic E-state index is 14.2. The zero-order chi connectivity index (χ0) is 20.2. The summed E-state index contributed by atoms with van der Waals surface area (Å²) in [6.45, 7) is 2.21. The number of anilines is 1. The first-order chi connectivity index (χ1) is 14.1. The highest BCUT2D eigenvalue weighted by molar-refractivity contribution is 5.89. The lowest BCUT2D eigenvalue weighted by Crippen LogP contribution is -2.42. The number of rotatable bonds is 4. The number of hydrogen-bond donors (Lipinski definition) is 2. The molecule has 0 radical (unpaired) electrons. The van der Waals surface area contributed by atoms with Crippen molar-refractivity contribution in [2.45, 2.75) is 31.9 Å². The summed E-state index contributed by atoms with van der Waals surface area (Å²) in [5, 5.41) is 16.7. The number of aryl methyl sites for hydroxylation is 1. The zero-order valence-corrected chi connectivity index (χ0v) is 15.7. The Kier molecular flexibility index (Phi) is 5.43. The number of ether oxygens (including phenoxy) is 1. The van der Waals surface area contributed by atoms with E-state index < -0.39 is 5.82 Å². The molecule has 1 aromatic carbocycles. The van der Waals surface area contributed by atoms with Crippen molar-refractivity contribution in [3.63, 3.8) is 0 Å². The minimum atomic E-state index is -0.491. The van der Waals surface area contributed by atoms with Gasteiger partial charge >= 0.3 is 6.03 Å². The molecule has 1 saturated heterocycles. The standard InChI is InChI=1S/C19H20FN7O2/c1-12-24-25-26-27(12)17-9-14(4-5-16(17)20)22-19(28)23-15-6-8-29-18(10-15)13-3-2-7-21-11-13/h2-5,7,9,11,15,18H,6,8,10H2,1H3,(H2,22,23,28). The summed E-state index contributed by atoms with van der Waals surface area (Å²) in [5.41, 5.74) is 1.58. The fourth-order valence-corrected chi connectivity index (χ4v) is 3.29. The number of tetrazole rings is 1. The molecule has 29 heavy (non-hydrogen) atoms. The van der Waals surface area contributed by atoms with Crippen LogP contribution in [0.4, 0.5) is 14.9 Å². The van der Waals surface area contributed by atoms with Crippen molar-refractivity contribution < 1.29 is 13.9 Å². The fraction of sp³-hybridized carbons (Fsp3) is 0.316. The third kappa shape index (κ3) is 4.37. The van der Waals surface area contributed by atoms with Gasteiger partial charge in [-0.25, -0.2) is 9.18 Å². The first-order valence-corrected chi connectivity index (χ1v) is 9.24. The molecule has 150 valence electrons. The molecule has 2 amide bonds. The highest BCUT2D eigenvalue weighted by Crippen LogP contribution is 2.27. The van der Waals surface area contributed by atoms with Gasteiger partial charge in [0, 0.05) is 30.7 Å². The molecular weight excluding hydrogens is 377 g/mol. The van der Waals surface area contributed by atoms with Gasteiger partial charge in [-0.2, -0.15) is 4.68 Å². The molecule has 2 N–H and O–H groups in total. The minimum Gasteiger partial charge on any atom is -0.373 e. The predicted octanol–water partition coefficient (Wildman–Crippen LogP) is 2.55. The largest absolute Gasteiger partial charge is 0.373 e. The van der Waals surface area contributed by atoms with Crippen LogP contribution in [0.2, 0.25) is 0 Å². The molecule has 0 bridgehead atoms. The Labute approximate surface area is 166 Å². The van der Waals surface area contributed by atoms with Gasteiger partial charge in [0.25, 0.3) is 0 Å². The van der Waals surface area contributed by atoms with Gasteiger partial charge in [-0.1, -0.05) is 6.07 Å². The second-order valence-electron chi connectivity index (χ2n) is 6.77. The fourth-order valence-electron chi connectivity index (χ4n) is 3.29. The first kappa shape index (κ1) is 18.9. The normalized spacial score (nSPS) is 19.0. The lowest BCUT2D eigenvalue weighted by Gasteiger charge is -2.30. The number of halogens is 1. The van der Waals surface area contributed by atoms with Crippen LogP contribution in [-0.2, 0) is 4.74 Å². The molecule has 10 heteroatoms. The molecule has 2 unspecified atom stereocenters. The van der Waals surface area contributed by atoms with E-state index in [4.69, 9.17) is 4.74 Å². The molecule has 0 aliphatic carbocycles. The van der Waals surface area contributed by atoms with E-state index in [2.05, 4.69) is 31.1 Å². The summed E-state index contributed by atoms with van der Waals surface area (Å²) in [6.07, 6.45) is 4.74. The van der Waals surface area contributed by atoms with E-state index in [-0.39, 0.29) is 23.9 Å². The average Bonchev–Trinajstić information content (AvgIpc) is 3.16. The Bertz CT molecular complexity index is 995. The van der Waals surface area contributed by atoms with Gasteiger partial charge < -0.3 is 15.4 Å². The van der Waals surface area contributed by atoms with Crippen molar-refractivity contribution in [1.82, 2.24) is 30.5 Å². The number of pyridine rings is 1. The molecule has 3 aromatic rings. The third-order valence-corrected chi connectivity index (χ3v) is 4.73. The van der Waals surface area contributed by atoms with Crippen LogP contribution in [0.5, 0.6) is 0 Å². The quantitative estimate of drug-likeness (QED) is 0.701. The lowest BCUT2D eigenvalue weighted by molar-refractivity contribution is 0.00235. The first-order valence-electron chi connectivity index (χ1n) is 9.24. The number of hydrogen-bond acceptors (Lipinski definition) is 6. The van der Waals surface area contributed by atoms with Crippen molar-refractivity contribution >= 4 is 11.7 Å². The zero-order valence-electron chi connectivity index (χ0n) is 15.7. The van der Waals surface area contributed by atoms with E-state index in [1.165, 1.54) is 22.9 Å². The SMILES string of the molecule is Cc1nnnn1-c1cc(NC(=O)NC2CCOC(c3cccnc3)C2)ccc1F. The Morgan fingerprint density at radius 1 is 1.34 bits per heavy atom. The van der Waals surface area contributed by atoms with Crippen LogP contribution < -0.4 is 10.6 Å². The molecule has 2 aromatic heterocycles. The van der Waals surface area contributed by atoms with Crippen LogP contribution in [0, 0.1) is 12.7 Å². The summed E-state index contributed by atoms with van der Waals surface area (Å²) in [6, 6.07) is 7.64. The molecule has 0 saturated carbocycles. The second kappa shape index (κ2) is 8.31. The molecule has 1 aliphatic heterocycles. The van der Waals surface area contributed by atoms with E-state index in [1.807, 2.05) is 12.1 Å². The molecule has 3 heterocycles. The Morgan fingerprint density at radius 3 is 3.00 bits per heavy atom. The number of amides is 2. The maximum absolute atomic E-state index is 14.2. The number of urea groups is 1. The highest BCUT2D eigenvalue weighted by atomic mass is 19.1. The summed E-state index contributed by atoms with van der Waals surface area (Å²) >= 11 is 0. The minimum absolute atomic E-state index is 0.0457. The van der Waals surface area contributed by atoms with Crippen molar-refractivity contribution in [3.05, 3.63) is 59.9 Å². The van der Waals surface area contributed by atoms with Crippen LogP contribution in [0.15, 0.2) is 42.7 Å². The molecule has 2 atom stereocenters. The summed E-state index contributed by atoms with van der Waals surface area (Å²) < 4.78 is 21.2. The number of nitrogens with one attached hydrogen (secondary N) is 2. The van der Waals surface area contributed by atoms with Crippen molar-refractivity contribution in [2.24, 2.45) is 0 Å². The summed E-state index contributed by atoms with van der Waals surface area (Å²) in [7, 11) is 0. The number of nitrogens with zero attached hydrogens (tertiary/aromatic N) is 5. The maximum Gasteiger partial charge on any atom is 0.319 e. The number of aromatic nitrogens is 5. The van der Waals surface area contributed by atoms with Gasteiger partial charge in [0.05, 0.1) is 6.10 Å². The molecule has 4 rings (SSSR count). The monoisotopic (exact) mass is 397 g/mol. The van der Waals surface area contributed by atoms with E-state index >= 15 is 0 Å². The molecule has 0 spiro atoms. The Balaban J connectivity index is 1.40. The second-order valence-corrected chi connectivity index (χ2v) is 6.77. The van der Waals surface area contributed by atoms with Crippen molar-refractivity contribution in [3.8, 4) is 5.69 Å². The predicted molar refractivity (Wildman–Crippen MR) is 102 cm³/mol. The molecule has 9 nitrogen and oxygen atoms in total. The van der Waals surface area contributed by atoms with Gasteiger partial charge in [-0.05, 0) is 60.0 Å². The van der Waals surface area contributed by atoms with Crippen LogP contribution in [0.25, 0.3) is 5.69 Å². The summed E-state index contributed by atoms with van der Waals surface area (Å²) in [4.78, 5) is 16.6. The van der Waals surface area contributed by atoms with Gasteiger partial charge in [-0.15, -0.1) is 5.10 Å². The van der Waals surface area contributed by atoms with Gasteiger partial charge in [0.15, 0.2) is 5.82 Å². The Morgan fingerprint density at radius 2 is 2.24 bits per heavy atom. The van der Waals surface area contributed by atoms with E-state index in [0.717, 1.165) is 5.56 Å². The van der Waals surface area contributed by atoms with Crippen molar-refractivity contribution in [1.29, 1.82) is 0 Å². The molecule has 1 fully saturated rings. The molecule has 1 aliphatic rings. The highest BCUT2D eigenvalue weighted by Gasteiger charge is 2.25.